The van der Waals surface area contributed by atoms with Gasteiger partial charge in [0.25, 0.3) is 5.91 Å². The SMILES string of the molecule is CCOc1ccc(-c2ccc(OCCNC(=O)COc3ccc(NC(C)=O)cc3)nn2)cc1. The van der Waals surface area contributed by atoms with Crippen LogP contribution >= 0.6 is 0 Å². The molecule has 0 aliphatic heterocycles. The van der Waals surface area contributed by atoms with Gasteiger partial charge in [0, 0.05) is 24.2 Å². The van der Waals surface area contributed by atoms with E-state index >= 15 is 0 Å². The van der Waals surface area contributed by atoms with Crippen molar-refractivity contribution < 1.29 is 23.8 Å². The van der Waals surface area contributed by atoms with E-state index in [0.29, 0.717) is 30.5 Å². The summed E-state index contributed by atoms with van der Waals surface area (Å²) in [6.45, 7) is 4.40. The van der Waals surface area contributed by atoms with E-state index in [1.807, 2.05) is 37.3 Å². The molecule has 172 valence electrons. The van der Waals surface area contributed by atoms with E-state index in [4.69, 9.17) is 14.2 Å². The molecule has 0 saturated heterocycles. The van der Waals surface area contributed by atoms with Gasteiger partial charge in [-0.2, -0.15) is 0 Å². The first kappa shape index (κ1) is 23.5. The number of amides is 2. The Balaban J connectivity index is 1.35. The molecular formula is C24H26N4O5. The number of hydrogen-bond donors (Lipinski definition) is 2. The minimum atomic E-state index is -0.276. The second-order valence-corrected chi connectivity index (χ2v) is 6.91. The van der Waals surface area contributed by atoms with Crippen LogP contribution in [0.4, 0.5) is 5.69 Å². The number of carbonyl (C=O) groups excluding carboxylic acids is 2. The van der Waals surface area contributed by atoms with Gasteiger partial charge < -0.3 is 24.8 Å². The molecule has 9 heteroatoms. The molecule has 0 bridgehead atoms. The molecule has 0 aliphatic rings. The van der Waals surface area contributed by atoms with Crippen molar-refractivity contribution in [1.82, 2.24) is 15.5 Å². The third-order valence-electron chi connectivity index (χ3n) is 4.32. The predicted molar refractivity (Wildman–Crippen MR) is 123 cm³/mol. The summed E-state index contributed by atoms with van der Waals surface area (Å²) in [6.07, 6.45) is 0. The Kier molecular flexibility index (Phi) is 8.58. The van der Waals surface area contributed by atoms with Crippen molar-refractivity contribution in [2.75, 3.05) is 31.7 Å². The molecule has 0 aliphatic carbocycles. The Morgan fingerprint density at radius 2 is 1.55 bits per heavy atom. The van der Waals surface area contributed by atoms with Crippen LogP contribution in [0.2, 0.25) is 0 Å². The first-order valence-corrected chi connectivity index (χ1v) is 10.5. The van der Waals surface area contributed by atoms with Gasteiger partial charge in [0.2, 0.25) is 11.8 Å². The van der Waals surface area contributed by atoms with E-state index in [0.717, 1.165) is 17.0 Å². The molecule has 0 unspecified atom stereocenters. The number of benzene rings is 2. The Morgan fingerprint density at radius 1 is 0.848 bits per heavy atom. The zero-order valence-corrected chi connectivity index (χ0v) is 18.5. The second-order valence-electron chi connectivity index (χ2n) is 6.91. The van der Waals surface area contributed by atoms with Gasteiger partial charge in [0.1, 0.15) is 18.1 Å². The lowest BCUT2D eigenvalue weighted by molar-refractivity contribution is -0.123. The Hall–Kier alpha value is -4.14. The van der Waals surface area contributed by atoms with Crippen molar-refractivity contribution in [3.63, 3.8) is 0 Å². The summed E-state index contributed by atoms with van der Waals surface area (Å²) < 4.78 is 16.4. The van der Waals surface area contributed by atoms with Crippen LogP contribution in [0.25, 0.3) is 11.3 Å². The number of nitrogens with zero attached hydrogens (tertiary/aromatic N) is 2. The van der Waals surface area contributed by atoms with Crippen molar-refractivity contribution in [3.8, 4) is 28.6 Å². The van der Waals surface area contributed by atoms with Crippen molar-refractivity contribution in [2.24, 2.45) is 0 Å². The predicted octanol–water partition coefficient (Wildman–Crippen LogP) is 3.07. The molecule has 3 aromatic rings. The quantitative estimate of drug-likeness (QED) is 0.432. The number of nitrogens with one attached hydrogen (secondary N) is 2. The lowest BCUT2D eigenvalue weighted by atomic mass is 10.1. The standard InChI is InChI=1S/C24H26N4O5/c1-3-31-20-8-4-18(5-9-20)22-12-13-24(28-27-22)32-15-14-25-23(30)16-33-21-10-6-19(7-11-21)26-17(2)29/h4-13H,3,14-16H2,1-2H3,(H,25,30)(H,26,29). The maximum absolute atomic E-state index is 11.9. The van der Waals surface area contributed by atoms with E-state index in [-0.39, 0.29) is 25.0 Å². The monoisotopic (exact) mass is 450 g/mol. The van der Waals surface area contributed by atoms with E-state index in [1.165, 1.54) is 6.92 Å². The van der Waals surface area contributed by atoms with E-state index < -0.39 is 0 Å². The van der Waals surface area contributed by atoms with Gasteiger partial charge in [-0.15, -0.1) is 10.2 Å². The number of aromatic nitrogens is 2. The Morgan fingerprint density at radius 3 is 2.18 bits per heavy atom. The van der Waals surface area contributed by atoms with Crippen LogP contribution < -0.4 is 24.8 Å². The average molecular weight is 450 g/mol. The van der Waals surface area contributed by atoms with Crippen LogP contribution in [-0.2, 0) is 9.59 Å². The highest BCUT2D eigenvalue weighted by atomic mass is 16.5. The van der Waals surface area contributed by atoms with Gasteiger partial charge in [0.05, 0.1) is 18.8 Å². The minimum Gasteiger partial charge on any atom is -0.494 e. The molecule has 0 fully saturated rings. The molecule has 1 heterocycles. The van der Waals surface area contributed by atoms with Crippen molar-refractivity contribution in [3.05, 3.63) is 60.7 Å². The molecule has 9 nitrogen and oxygen atoms in total. The fourth-order valence-corrected chi connectivity index (χ4v) is 2.82. The van der Waals surface area contributed by atoms with E-state index in [9.17, 15) is 9.59 Å². The number of carbonyl (C=O) groups is 2. The minimum absolute atomic E-state index is 0.129. The smallest absolute Gasteiger partial charge is 0.258 e. The third kappa shape index (κ3) is 7.80. The summed E-state index contributed by atoms with van der Waals surface area (Å²) in [4.78, 5) is 22.9. The van der Waals surface area contributed by atoms with Crippen molar-refractivity contribution in [1.29, 1.82) is 0 Å². The summed E-state index contributed by atoms with van der Waals surface area (Å²) in [5.74, 6) is 1.27. The summed E-state index contributed by atoms with van der Waals surface area (Å²) in [5.41, 5.74) is 2.31. The zero-order chi connectivity index (χ0) is 23.5. The maximum atomic E-state index is 11.9. The number of rotatable bonds is 11. The molecule has 0 radical (unpaired) electrons. The van der Waals surface area contributed by atoms with Crippen LogP contribution in [0, 0.1) is 0 Å². The molecule has 2 aromatic carbocycles. The van der Waals surface area contributed by atoms with Crippen LogP contribution in [0.5, 0.6) is 17.4 Å². The Labute approximate surface area is 192 Å². The highest BCUT2D eigenvalue weighted by molar-refractivity contribution is 5.88. The van der Waals surface area contributed by atoms with Gasteiger partial charge in [-0.05, 0) is 61.5 Å². The zero-order valence-electron chi connectivity index (χ0n) is 18.5. The highest BCUT2D eigenvalue weighted by Gasteiger charge is 2.05. The van der Waals surface area contributed by atoms with Gasteiger partial charge in [-0.1, -0.05) is 0 Å². The normalized spacial score (nSPS) is 10.2. The largest absolute Gasteiger partial charge is 0.494 e. The Bertz CT molecular complexity index is 1040. The fourth-order valence-electron chi connectivity index (χ4n) is 2.82. The first-order chi connectivity index (χ1) is 16.0. The second kappa shape index (κ2) is 12.0. The molecule has 1 aromatic heterocycles. The van der Waals surface area contributed by atoms with Crippen LogP contribution in [-0.4, -0.2) is 48.4 Å². The highest BCUT2D eigenvalue weighted by Crippen LogP contribution is 2.21. The molecule has 0 saturated carbocycles. The molecule has 0 atom stereocenters. The number of hydrogen-bond acceptors (Lipinski definition) is 7. The van der Waals surface area contributed by atoms with Crippen LogP contribution in [0.3, 0.4) is 0 Å². The maximum Gasteiger partial charge on any atom is 0.258 e. The van der Waals surface area contributed by atoms with Crippen molar-refractivity contribution >= 4 is 17.5 Å². The van der Waals surface area contributed by atoms with Gasteiger partial charge >= 0.3 is 0 Å². The van der Waals surface area contributed by atoms with E-state index in [1.54, 1.807) is 30.3 Å². The molecule has 3 rings (SSSR count). The third-order valence-corrected chi connectivity index (χ3v) is 4.32. The topological polar surface area (TPSA) is 112 Å². The first-order valence-electron chi connectivity index (χ1n) is 10.5. The van der Waals surface area contributed by atoms with Crippen molar-refractivity contribution in [2.45, 2.75) is 13.8 Å². The molecule has 33 heavy (non-hydrogen) atoms. The summed E-state index contributed by atoms with van der Waals surface area (Å²) in [5, 5.41) is 13.6. The number of ether oxygens (including phenoxy) is 3. The van der Waals surface area contributed by atoms with Gasteiger partial charge in [-0.25, -0.2) is 0 Å². The summed E-state index contributed by atoms with van der Waals surface area (Å²) >= 11 is 0. The average Bonchev–Trinajstić information content (AvgIpc) is 2.82. The summed E-state index contributed by atoms with van der Waals surface area (Å²) in [6, 6.07) is 17.9. The van der Waals surface area contributed by atoms with Crippen LogP contribution in [0.1, 0.15) is 13.8 Å². The van der Waals surface area contributed by atoms with E-state index in [2.05, 4.69) is 20.8 Å². The number of anilines is 1. The van der Waals surface area contributed by atoms with Gasteiger partial charge in [-0.3, -0.25) is 9.59 Å². The molecule has 2 amide bonds. The van der Waals surface area contributed by atoms with Crippen LogP contribution in [0.15, 0.2) is 60.7 Å². The fraction of sp³-hybridized carbons (Fsp3) is 0.250. The van der Waals surface area contributed by atoms with Gasteiger partial charge in [0.15, 0.2) is 6.61 Å². The molecule has 0 spiro atoms. The summed E-state index contributed by atoms with van der Waals surface area (Å²) in [7, 11) is 0. The molecular weight excluding hydrogens is 424 g/mol. The lowest BCUT2D eigenvalue weighted by Crippen LogP contribution is -2.32. The lowest BCUT2D eigenvalue weighted by Gasteiger charge is -2.09. The molecule has 2 N–H and O–H groups in total.